The van der Waals surface area contributed by atoms with Crippen molar-refractivity contribution in [2.45, 2.75) is 5.75 Å². The minimum Gasteiger partial charge on any atom is -0.452 e. The molecule has 0 aromatic heterocycles. The largest absolute Gasteiger partial charge is 0.452 e. The number of nitrogens with zero attached hydrogens (tertiary/aromatic N) is 2. The summed E-state index contributed by atoms with van der Waals surface area (Å²) in [4.78, 5) is 26.1. The Bertz CT molecular complexity index is 1010. The topological polar surface area (TPSA) is 105 Å². The summed E-state index contributed by atoms with van der Waals surface area (Å²) in [6.45, 7) is 3.46. The van der Waals surface area contributed by atoms with E-state index in [9.17, 15) is 18.0 Å². The fourth-order valence-corrected chi connectivity index (χ4v) is 3.52. The molecule has 0 bridgehead atoms. The number of para-hydroxylation sites is 1. The summed E-state index contributed by atoms with van der Waals surface area (Å²) in [6, 6.07) is 16.3. The number of rotatable bonds is 9. The predicted molar refractivity (Wildman–Crippen MR) is 109 cm³/mol. The number of amides is 1. The second-order valence-electron chi connectivity index (χ2n) is 6.09. The first-order valence-electron chi connectivity index (χ1n) is 8.66. The minimum atomic E-state index is -3.52. The summed E-state index contributed by atoms with van der Waals surface area (Å²) >= 11 is 0. The van der Waals surface area contributed by atoms with Crippen LogP contribution in [0.25, 0.3) is 0 Å². The Morgan fingerprint density at radius 1 is 1.10 bits per heavy atom. The molecule has 29 heavy (non-hydrogen) atoms. The van der Waals surface area contributed by atoms with Gasteiger partial charge in [-0.1, -0.05) is 36.4 Å². The predicted octanol–water partition coefficient (Wildman–Crippen LogP) is 2.50. The number of benzene rings is 2. The molecular weight excluding hydrogens is 392 g/mol. The second kappa shape index (κ2) is 10.2. The maximum absolute atomic E-state index is 12.4. The molecule has 0 atom stereocenters. The highest BCUT2D eigenvalue weighted by Crippen LogP contribution is 2.14. The van der Waals surface area contributed by atoms with E-state index >= 15 is 0 Å². The molecule has 0 aliphatic carbocycles. The van der Waals surface area contributed by atoms with Crippen LogP contribution < -0.4 is 4.90 Å². The van der Waals surface area contributed by atoms with Crippen molar-refractivity contribution in [2.75, 3.05) is 23.8 Å². The Morgan fingerprint density at radius 2 is 1.76 bits per heavy atom. The second-order valence-corrected chi connectivity index (χ2v) is 8.16. The maximum Gasteiger partial charge on any atom is 0.338 e. The fourth-order valence-electron chi connectivity index (χ4n) is 2.52. The van der Waals surface area contributed by atoms with Crippen molar-refractivity contribution in [3.8, 4) is 6.07 Å². The van der Waals surface area contributed by atoms with E-state index in [0.717, 1.165) is 0 Å². The van der Waals surface area contributed by atoms with Crippen LogP contribution in [0.15, 0.2) is 67.3 Å². The van der Waals surface area contributed by atoms with Gasteiger partial charge in [0.25, 0.3) is 5.91 Å². The van der Waals surface area contributed by atoms with Crippen molar-refractivity contribution in [3.63, 3.8) is 0 Å². The Labute approximate surface area is 169 Å². The van der Waals surface area contributed by atoms with Gasteiger partial charge in [-0.15, -0.1) is 6.58 Å². The zero-order chi connectivity index (χ0) is 21.3. The Morgan fingerprint density at radius 3 is 2.34 bits per heavy atom. The van der Waals surface area contributed by atoms with Crippen LogP contribution in [0.5, 0.6) is 0 Å². The number of hydrogen-bond donors (Lipinski definition) is 0. The van der Waals surface area contributed by atoms with Crippen LogP contribution >= 0.6 is 0 Å². The number of anilines is 1. The van der Waals surface area contributed by atoms with Crippen LogP contribution in [0.1, 0.15) is 15.9 Å². The summed E-state index contributed by atoms with van der Waals surface area (Å²) in [5, 5.41) is 8.52. The first kappa shape index (κ1) is 21.9. The smallest absolute Gasteiger partial charge is 0.338 e. The van der Waals surface area contributed by atoms with Crippen molar-refractivity contribution in [3.05, 3.63) is 78.4 Å². The minimum absolute atomic E-state index is 0.189. The molecule has 2 aromatic carbocycles. The molecule has 0 radical (unpaired) electrons. The van der Waals surface area contributed by atoms with Crippen LogP contribution in [0, 0.1) is 11.3 Å². The van der Waals surface area contributed by atoms with E-state index < -0.39 is 34.1 Å². The van der Waals surface area contributed by atoms with E-state index in [1.165, 1.54) is 29.2 Å². The van der Waals surface area contributed by atoms with Gasteiger partial charge in [-0.25, -0.2) is 13.2 Å². The summed E-state index contributed by atoms with van der Waals surface area (Å²) in [5.41, 5.74) is 1.31. The summed E-state index contributed by atoms with van der Waals surface area (Å²) in [5.74, 6) is -1.95. The van der Waals surface area contributed by atoms with Gasteiger partial charge in [0.05, 0.1) is 17.4 Å². The highest BCUT2D eigenvalue weighted by molar-refractivity contribution is 7.90. The standard InChI is InChI=1S/C21H20N2O5S/c1-2-13-23(19-6-4-3-5-7-19)20(24)15-28-21(25)18-10-8-17(9-11-18)16-29(26,27)14-12-22/h2-11H,1,13-16H2. The Hall–Kier alpha value is -3.44. The highest BCUT2D eigenvalue weighted by Gasteiger charge is 2.17. The van der Waals surface area contributed by atoms with E-state index in [1.54, 1.807) is 36.4 Å². The van der Waals surface area contributed by atoms with Crippen LogP contribution in [0.4, 0.5) is 5.69 Å². The molecule has 0 saturated carbocycles. The van der Waals surface area contributed by atoms with Gasteiger partial charge in [-0.2, -0.15) is 5.26 Å². The normalized spacial score (nSPS) is 10.6. The molecule has 0 heterocycles. The Balaban J connectivity index is 1.98. The van der Waals surface area contributed by atoms with E-state index in [0.29, 0.717) is 11.3 Å². The average molecular weight is 412 g/mol. The third-order valence-electron chi connectivity index (χ3n) is 3.87. The fraction of sp³-hybridized carbons (Fsp3) is 0.190. The van der Waals surface area contributed by atoms with Crippen LogP contribution in [-0.4, -0.2) is 39.2 Å². The lowest BCUT2D eigenvalue weighted by Gasteiger charge is -2.21. The SMILES string of the molecule is C=CCN(C(=O)COC(=O)c1ccc(CS(=O)(=O)CC#N)cc1)c1ccccc1. The molecule has 0 N–H and O–H groups in total. The summed E-state index contributed by atoms with van der Waals surface area (Å²) < 4.78 is 28.4. The van der Waals surface area contributed by atoms with Gasteiger partial charge in [0, 0.05) is 12.2 Å². The van der Waals surface area contributed by atoms with Crippen molar-refractivity contribution in [1.29, 1.82) is 5.26 Å². The lowest BCUT2D eigenvalue weighted by molar-refractivity contribution is -0.121. The molecule has 8 heteroatoms. The molecule has 0 aliphatic heterocycles. The van der Waals surface area contributed by atoms with Gasteiger partial charge in [0.2, 0.25) is 0 Å². The van der Waals surface area contributed by atoms with Crippen molar-refractivity contribution in [2.24, 2.45) is 0 Å². The van der Waals surface area contributed by atoms with E-state index in [1.807, 2.05) is 6.07 Å². The molecule has 0 unspecified atom stereocenters. The van der Waals surface area contributed by atoms with E-state index in [4.69, 9.17) is 10.00 Å². The molecule has 150 valence electrons. The quantitative estimate of drug-likeness (QED) is 0.463. The number of hydrogen-bond acceptors (Lipinski definition) is 6. The number of ether oxygens (including phenoxy) is 1. The third kappa shape index (κ3) is 6.59. The Kier molecular flexibility index (Phi) is 7.69. The number of sulfone groups is 1. The molecule has 0 saturated heterocycles. The first-order valence-corrected chi connectivity index (χ1v) is 10.5. The zero-order valence-electron chi connectivity index (χ0n) is 15.7. The number of esters is 1. The molecule has 0 fully saturated rings. The first-order chi connectivity index (χ1) is 13.9. The van der Waals surface area contributed by atoms with Gasteiger partial charge in [-0.05, 0) is 29.8 Å². The van der Waals surface area contributed by atoms with E-state index in [2.05, 4.69) is 6.58 Å². The molecule has 0 spiro atoms. The maximum atomic E-state index is 12.4. The monoisotopic (exact) mass is 412 g/mol. The van der Waals surface area contributed by atoms with Crippen molar-refractivity contribution in [1.82, 2.24) is 0 Å². The molecule has 0 aliphatic rings. The average Bonchev–Trinajstić information content (AvgIpc) is 2.70. The van der Waals surface area contributed by atoms with Gasteiger partial charge >= 0.3 is 5.97 Å². The third-order valence-corrected chi connectivity index (χ3v) is 5.21. The lowest BCUT2D eigenvalue weighted by atomic mass is 10.1. The van der Waals surface area contributed by atoms with Gasteiger partial charge in [-0.3, -0.25) is 4.79 Å². The van der Waals surface area contributed by atoms with Crippen molar-refractivity contribution >= 4 is 27.4 Å². The van der Waals surface area contributed by atoms with Crippen LogP contribution in [-0.2, 0) is 25.1 Å². The van der Waals surface area contributed by atoms with Gasteiger partial charge in [0.15, 0.2) is 16.4 Å². The highest BCUT2D eigenvalue weighted by atomic mass is 32.2. The van der Waals surface area contributed by atoms with Gasteiger partial charge in [0.1, 0.15) is 5.75 Å². The molecule has 1 amide bonds. The van der Waals surface area contributed by atoms with Crippen LogP contribution in [0.2, 0.25) is 0 Å². The lowest BCUT2D eigenvalue weighted by Crippen LogP contribution is -2.34. The van der Waals surface area contributed by atoms with Crippen molar-refractivity contribution < 1.29 is 22.7 Å². The summed E-state index contributed by atoms with van der Waals surface area (Å²) in [7, 11) is -3.52. The molecular formula is C21H20N2O5S. The molecule has 2 aromatic rings. The zero-order valence-corrected chi connectivity index (χ0v) is 16.5. The number of carbonyl (C=O) groups excluding carboxylic acids is 2. The molecule has 2 rings (SSSR count). The summed E-state index contributed by atoms with van der Waals surface area (Å²) in [6.07, 6.45) is 1.58. The number of nitriles is 1. The van der Waals surface area contributed by atoms with Gasteiger partial charge < -0.3 is 9.64 Å². The molecule has 7 nitrogen and oxygen atoms in total. The number of carbonyl (C=O) groups is 2. The van der Waals surface area contributed by atoms with Crippen LogP contribution in [0.3, 0.4) is 0 Å². The van der Waals surface area contributed by atoms with E-state index in [-0.39, 0.29) is 17.9 Å².